The lowest BCUT2D eigenvalue weighted by Gasteiger charge is -2.34. The lowest BCUT2D eigenvalue weighted by Crippen LogP contribution is -2.55. The highest BCUT2D eigenvalue weighted by molar-refractivity contribution is 5.83. The summed E-state index contributed by atoms with van der Waals surface area (Å²) in [4.78, 5) is 23.0. The van der Waals surface area contributed by atoms with Crippen molar-refractivity contribution < 1.29 is 14.3 Å². The molecule has 3 N–H and O–H groups in total. The van der Waals surface area contributed by atoms with E-state index in [1.807, 2.05) is 6.92 Å². The zero-order chi connectivity index (χ0) is 13.8. The number of nitrogens with one attached hydrogen (secondary N) is 1. The number of nitrogens with two attached hydrogens (primary N) is 1. The lowest BCUT2D eigenvalue weighted by atomic mass is 9.84. The summed E-state index contributed by atoms with van der Waals surface area (Å²) >= 11 is 0. The van der Waals surface area contributed by atoms with Crippen LogP contribution in [0.4, 0.5) is 0 Å². The normalized spacial score (nSPS) is 24.6. The summed E-state index contributed by atoms with van der Waals surface area (Å²) in [5.41, 5.74) is 4.60. The van der Waals surface area contributed by atoms with E-state index in [9.17, 15) is 9.59 Å². The minimum atomic E-state index is -0.735. The molecular formula is C13H24N2O3. The van der Waals surface area contributed by atoms with Gasteiger partial charge in [-0.05, 0) is 40.0 Å². The molecule has 0 aromatic rings. The van der Waals surface area contributed by atoms with Gasteiger partial charge in [0, 0.05) is 6.04 Å². The van der Waals surface area contributed by atoms with E-state index in [2.05, 4.69) is 5.32 Å². The van der Waals surface area contributed by atoms with Gasteiger partial charge in [0.25, 0.3) is 0 Å². The first-order valence-electron chi connectivity index (χ1n) is 6.61. The molecule has 1 amide bonds. The molecule has 0 heterocycles. The predicted molar refractivity (Wildman–Crippen MR) is 68.8 cm³/mol. The van der Waals surface area contributed by atoms with Gasteiger partial charge >= 0.3 is 5.97 Å². The molecule has 1 fully saturated rings. The first-order chi connectivity index (χ1) is 8.36. The summed E-state index contributed by atoms with van der Waals surface area (Å²) in [6, 6.07) is 0.149. The number of ether oxygens (including phenoxy) is 1. The van der Waals surface area contributed by atoms with E-state index < -0.39 is 5.54 Å². The fourth-order valence-electron chi connectivity index (χ4n) is 2.38. The highest BCUT2D eigenvalue weighted by Crippen LogP contribution is 2.26. The van der Waals surface area contributed by atoms with Crippen molar-refractivity contribution in [3.8, 4) is 0 Å². The van der Waals surface area contributed by atoms with E-state index in [4.69, 9.17) is 10.5 Å². The Morgan fingerprint density at radius 3 is 2.61 bits per heavy atom. The molecule has 5 nitrogen and oxygen atoms in total. The molecule has 1 aliphatic carbocycles. The van der Waals surface area contributed by atoms with Gasteiger partial charge in [-0.25, -0.2) is 0 Å². The van der Waals surface area contributed by atoms with Gasteiger partial charge in [0.05, 0.1) is 18.1 Å². The molecule has 0 aromatic carbocycles. The van der Waals surface area contributed by atoms with Gasteiger partial charge in [0.1, 0.15) is 0 Å². The number of hydrogen-bond donors (Lipinski definition) is 2. The van der Waals surface area contributed by atoms with Gasteiger partial charge in [0.2, 0.25) is 5.91 Å². The fourth-order valence-corrected chi connectivity index (χ4v) is 2.38. The molecule has 0 aromatic heterocycles. The lowest BCUT2D eigenvalue weighted by molar-refractivity contribution is -0.149. The number of amides is 1. The average Bonchev–Trinajstić information content (AvgIpc) is 2.29. The van der Waals surface area contributed by atoms with E-state index in [1.165, 1.54) is 0 Å². The number of hydrogen-bond acceptors (Lipinski definition) is 4. The van der Waals surface area contributed by atoms with E-state index >= 15 is 0 Å². The van der Waals surface area contributed by atoms with Crippen molar-refractivity contribution in [2.75, 3.05) is 6.61 Å². The largest absolute Gasteiger partial charge is 0.466 e. The average molecular weight is 256 g/mol. The molecule has 1 saturated carbocycles. The third-order valence-corrected chi connectivity index (χ3v) is 3.48. The highest BCUT2D eigenvalue weighted by atomic mass is 16.5. The molecule has 18 heavy (non-hydrogen) atoms. The van der Waals surface area contributed by atoms with Crippen molar-refractivity contribution in [2.45, 2.75) is 58.0 Å². The molecule has 104 valence electrons. The smallest absolute Gasteiger partial charge is 0.308 e. The number of primary amides is 1. The second-order valence-electron chi connectivity index (χ2n) is 5.45. The van der Waals surface area contributed by atoms with Crippen LogP contribution < -0.4 is 11.1 Å². The SMILES string of the molecule is CCOC(=O)C1CCCC(NC(C)(C)C(N)=O)C1. The van der Waals surface area contributed by atoms with Crippen LogP contribution in [0.5, 0.6) is 0 Å². The first kappa shape index (κ1) is 15.0. The van der Waals surface area contributed by atoms with Crippen LogP contribution in [0, 0.1) is 5.92 Å². The molecule has 0 spiro atoms. The van der Waals surface area contributed by atoms with Crippen LogP contribution in [0.3, 0.4) is 0 Å². The molecule has 5 heteroatoms. The number of carbonyl (C=O) groups excluding carboxylic acids is 2. The highest BCUT2D eigenvalue weighted by Gasteiger charge is 2.33. The summed E-state index contributed by atoms with van der Waals surface area (Å²) in [5.74, 6) is -0.554. The predicted octanol–water partition coefficient (Wildman–Crippen LogP) is 0.962. The molecule has 0 aliphatic heterocycles. The monoisotopic (exact) mass is 256 g/mol. The maximum absolute atomic E-state index is 11.7. The van der Waals surface area contributed by atoms with E-state index in [-0.39, 0.29) is 23.8 Å². The van der Waals surface area contributed by atoms with E-state index in [0.29, 0.717) is 6.61 Å². The van der Waals surface area contributed by atoms with Gasteiger partial charge in [-0.2, -0.15) is 0 Å². The van der Waals surface area contributed by atoms with Crippen molar-refractivity contribution in [2.24, 2.45) is 11.7 Å². The van der Waals surface area contributed by atoms with Crippen molar-refractivity contribution in [3.63, 3.8) is 0 Å². The molecule has 1 aliphatic rings. The van der Waals surface area contributed by atoms with Crippen molar-refractivity contribution in [3.05, 3.63) is 0 Å². The van der Waals surface area contributed by atoms with Gasteiger partial charge < -0.3 is 15.8 Å². The summed E-state index contributed by atoms with van der Waals surface area (Å²) in [6.07, 6.45) is 3.52. The first-order valence-corrected chi connectivity index (χ1v) is 6.61. The van der Waals surface area contributed by atoms with Gasteiger partial charge in [-0.15, -0.1) is 0 Å². The van der Waals surface area contributed by atoms with Crippen LogP contribution in [0.1, 0.15) is 46.5 Å². The summed E-state index contributed by atoms with van der Waals surface area (Å²) < 4.78 is 5.05. The van der Waals surface area contributed by atoms with Crippen LogP contribution in [0.2, 0.25) is 0 Å². The summed E-state index contributed by atoms with van der Waals surface area (Å²) in [7, 11) is 0. The summed E-state index contributed by atoms with van der Waals surface area (Å²) in [5, 5.41) is 3.24. The molecular weight excluding hydrogens is 232 g/mol. The van der Waals surface area contributed by atoms with Crippen LogP contribution in [-0.2, 0) is 14.3 Å². The zero-order valence-electron chi connectivity index (χ0n) is 11.5. The van der Waals surface area contributed by atoms with Crippen molar-refractivity contribution >= 4 is 11.9 Å². The van der Waals surface area contributed by atoms with Gasteiger partial charge in [0.15, 0.2) is 0 Å². The van der Waals surface area contributed by atoms with E-state index in [1.54, 1.807) is 13.8 Å². The molecule has 0 radical (unpaired) electrons. The van der Waals surface area contributed by atoms with Gasteiger partial charge in [-0.1, -0.05) is 6.42 Å². The number of rotatable bonds is 5. The Morgan fingerprint density at radius 2 is 2.06 bits per heavy atom. The topological polar surface area (TPSA) is 81.4 Å². The minimum Gasteiger partial charge on any atom is -0.466 e. The Morgan fingerprint density at radius 1 is 1.39 bits per heavy atom. The summed E-state index contributed by atoms with van der Waals surface area (Å²) in [6.45, 7) is 5.76. The quantitative estimate of drug-likeness (QED) is 0.718. The molecule has 1 rings (SSSR count). The van der Waals surface area contributed by atoms with Crippen LogP contribution >= 0.6 is 0 Å². The zero-order valence-corrected chi connectivity index (χ0v) is 11.5. The van der Waals surface area contributed by atoms with Crippen molar-refractivity contribution in [1.29, 1.82) is 0 Å². The molecule has 0 bridgehead atoms. The maximum Gasteiger partial charge on any atom is 0.308 e. The third kappa shape index (κ3) is 3.98. The van der Waals surface area contributed by atoms with Crippen LogP contribution in [0.15, 0.2) is 0 Å². The molecule has 2 atom stereocenters. The van der Waals surface area contributed by atoms with E-state index in [0.717, 1.165) is 25.7 Å². The Bertz CT molecular complexity index is 315. The van der Waals surface area contributed by atoms with Gasteiger partial charge in [-0.3, -0.25) is 9.59 Å². The van der Waals surface area contributed by atoms with Crippen LogP contribution in [-0.4, -0.2) is 30.1 Å². The number of carbonyl (C=O) groups is 2. The fraction of sp³-hybridized carbons (Fsp3) is 0.846. The Hall–Kier alpha value is -1.10. The molecule has 0 saturated heterocycles. The second-order valence-corrected chi connectivity index (χ2v) is 5.45. The van der Waals surface area contributed by atoms with Crippen molar-refractivity contribution in [1.82, 2.24) is 5.32 Å². The maximum atomic E-state index is 11.7. The second kappa shape index (κ2) is 6.18. The Kier molecular flexibility index (Phi) is 5.14. The standard InChI is InChI=1S/C13H24N2O3/c1-4-18-11(16)9-6-5-7-10(8-9)15-13(2,3)12(14)17/h9-10,15H,4-8H2,1-3H3,(H2,14,17). The number of esters is 1. The minimum absolute atomic E-state index is 0.0557. The third-order valence-electron chi connectivity index (χ3n) is 3.48. The van der Waals surface area contributed by atoms with Crippen LogP contribution in [0.25, 0.3) is 0 Å². The Labute approximate surface area is 108 Å². The molecule has 2 unspecified atom stereocenters. The Balaban J connectivity index is 2.54.